The van der Waals surface area contributed by atoms with Crippen molar-refractivity contribution in [3.8, 4) is 0 Å². The Hall–Kier alpha value is -1.94. The number of imidazole rings is 1. The lowest BCUT2D eigenvalue weighted by Crippen LogP contribution is -2.08. The van der Waals surface area contributed by atoms with Crippen LogP contribution in [0.3, 0.4) is 0 Å². The molecule has 2 nitrogen and oxygen atoms in total. The molecule has 102 valence electrons. The van der Waals surface area contributed by atoms with E-state index < -0.39 is 0 Å². The fourth-order valence-corrected chi connectivity index (χ4v) is 2.97. The van der Waals surface area contributed by atoms with Gasteiger partial charge in [0.25, 0.3) is 0 Å². The number of aromatic amines is 1. The zero-order valence-corrected chi connectivity index (χ0v) is 12.0. The molecule has 1 aromatic heterocycles. The zero-order valence-electron chi connectivity index (χ0n) is 11.1. The van der Waals surface area contributed by atoms with Crippen LogP contribution < -0.4 is 0 Å². The predicted octanol–water partition coefficient (Wildman–Crippen LogP) is 4.64. The van der Waals surface area contributed by atoms with Gasteiger partial charge in [0.05, 0.1) is 11.0 Å². The molecular formula is C16H15FN2S. The predicted molar refractivity (Wildman–Crippen MR) is 81.9 cm³/mol. The molecule has 0 saturated heterocycles. The van der Waals surface area contributed by atoms with Crippen LogP contribution in [0, 0.1) is 10.6 Å². The average Bonchev–Trinajstić information content (AvgIpc) is 2.75. The molecule has 2 aromatic carbocycles. The number of halogens is 1. The Morgan fingerprint density at radius 2 is 1.95 bits per heavy atom. The monoisotopic (exact) mass is 286 g/mol. The molecule has 1 unspecified atom stereocenters. The fraction of sp³-hybridized carbons (Fsp3) is 0.188. The molecule has 1 atom stereocenters. The van der Waals surface area contributed by atoms with Crippen LogP contribution in [-0.2, 0) is 6.42 Å². The van der Waals surface area contributed by atoms with Crippen molar-refractivity contribution in [1.82, 2.24) is 9.55 Å². The fourth-order valence-electron chi connectivity index (χ4n) is 2.58. The molecule has 4 heteroatoms. The highest BCUT2D eigenvalue weighted by Crippen LogP contribution is 2.22. The van der Waals surface area contributed by atoms with Gasteiger partial charge in [-0.2, -0.15) is 0 Å². The van der Waals surface area contributed by atoms with E-state index in [1.54, 1.807) is 6.07 Å². The summed E-state index contributed by atoms with van der Waals surface area (Å²) in [6.07, 6.45) is 0.860. The van der Waals surface area contributed by atoms with E-state index in [0.29, 0.717) is 4.77 Å². The first kappa shape index (κ1) is 13.1. The Labute approximate surface area is 121 Å². The minimum atomic E-state index is -0.243. The van der Waals surface area contributed by atoms with Gasteiger partial charge in [-0.3, -0.25) is 0 Å². The third-order valence-electron chi connectivity index (χ3n) is 3.49. The summed E-state index contributed by atoms with van der Waals surface area (Å²) in [5.74, 6) is -0.243. The van der Waals surface area contributed by atoms with Crippen molar-refractivity contribution in [1.29, 1.82) is 0 Å². The van der Waals surface area contributed by atoms with Gasteiger partial charge in [-0.05, 0) is 49.3 Å². The zero-order chi connectivity index (χ0) is 14.1. The van der Waals surface area contributed by atoms with Crippen molar-refractivity contribution < 1.29 is 4.39 Å². The van der Waals surface area contributed by atoms with Crippen LogP contribution in [0.2, 0.25) is 0 Å². The van der Waals surface area contributed by atoms with Crippen molar-refractivity contribution in [2.75, 3.05) is 0 Å². The van der Waals surface area contributed by atoms with Gasteiger partial charge in [0.15, 0.2) is 4.77 Å². The first-order valence-electron chi connectivity index (χ1n) is 6.59. The molecule has 0 aliphatic heterocycles. The van der Waals surface area contributed by atoms with E-state index in [2.05, 4.69) is 24.0 Å². The minimum absolute atomic E-state index is 0.167. The number of hydrogen-bond donors (Lipinski definition) is 1. The van der Waals surface area contributed by atoms with E-state index in [4.69, 9.17) is 12.2 Å². The summed E-state index contributed by atoms with van der Waals surface area (Å²) < 4.78 is 16.1. The van der Waals surface area contributed by atoms with Gasteiger partial charge in [-0.1, -0.05) is 30.3 Å². The summed E-state index contributed by atoms with van der Waals surface area (Å²) in [4.78, 5) is 3.13. The standard InChI is InChI=1S/C16H15FN2S/c1-11(9-12-5-3-2-4-6-12)19-15-10-13(17)7-8-14(15)18-16(19)20/h2-8,10-11H,9H2,1H3,(H,18,20). The van der Waals surface area contributed by atoms with Gasteiger partial charge in [0, 0.05) is 6.04 Å². The molecule has 3 aromatic rings. The van der Waals surface area contributed by atoms with Crippen molar-refractivity contribution in [2.24, 2.45) is 0 Å². The van der Waals surface area contributed by atoms with E-state index in [9.17, 15) is 4.39 Å². The van der Waals surface area contributed by atoms with Crippen LogP contribution in [-0.4, -0.2) is 9.55 Å². The van der Waals surface area contributed by atoms with Gasteiger partial charge >= 0.3 is 0 Å². The highest BCUT2D eigenvalue weighted by atomic mass is 32.1. The first-order valence-corrected chi connectivity index (χ1v) is 6.99. The lowest BCUT2D eigenvalue weighted by Gasteiger charge is -2.14. The second-order valence-electron chi connectivity index (χ2n) is 5.00. The highest BCUT2D eigenvalue weighted by Gasteiger charge is 2.12. The molecule has 0 aliphatic rings. The average molecular weight is 286 g/mol. The Balaban J connectivity index is 2.03. The highest BCUT2D eigenvalue weighted by molar-refractivity contribution is 7.71. The molecular weight excluding hydrogens is 271 g/mol. The Morgan fingerprint density at radius 3 is 2.70 bits per heavy atom. The molecule has 0 aliphatic carbocycles. The molecule has 0 spiro atoms. The van der Waals surface area contributed by atoms with Gasteiger partial charge in [0.2, 0.25) is 0 Å². The summed E-state index contributed by atoms with van der Waals surface area (Å²) in [5, 5.41) is 0. The van der Waals surface area contributed by atoms with Crippen LogP contribution in [0.1, 0.15) is 18.5 Å². The normalized spacial score (nSPS) is 12.7. The van der Waals surface area contributed by atoms with Crippen LogP contribution in [0.25, 0.3) is 11.0 Å². The molecule has 0 fully saturated rings. The van der Waals surface area contributed by atoms with E-state index in [1.165, 1.54) is 17.7 Å². The second kappa shape index (κ2) is 5.21. The third kappa shape index (κ3) is 2.39. The number of aromatic nitrogens is 2. The lowest BCUT2D eigenvalue weighted by atomic mass is 10.1. The van der Waals surface area contributed by atoms with Crippen molar-refractivity contribution >= 4 is 23.3 Å². The molecule has 0 amide bonds. The maximum absolute atomic E-state index is 13.5. The molecule has 3 rings (SSSR count). The summed E-state index contributed by atoms with van der Waals surface area (Å²) in [6, 6.07) is 15.1. The Kier molecular flexibility index (Phi) is 3.40. The van der Waals surface area contributed by atoms with Gasteiger partial charge < -0.3 is 9.55 Å². The third-order valence-corrected chi connectivity index (χ3v) is 3.79. The number of nitrogens with zero attached hydrogens (tertiary/aromatic N) is 1. The molecule has 0 bridgehead atoms. The summed E-state index contributed by atoms with van der Waals surface area (Å²) in [6.45, 7) is 2.10. The van der Waals surface area contributed by atoms with E-state index in [0.717, 1.165) is 17.5 Å². The van der Waals surface area contributed by atoms with Gasteiger partial charge in [0.1, 0.15) is 5.82 Å². The number of hydrogen-bond acceptors (Lipinski definition) is 1. The minimum Gasteiger partial charge on any atom is -0.331 e. The topological polar surface area (TPSA) is 20.7 Å². The van der Waals surface area contributed by atoms with Gasteiger partial charge in [-0.25, -0.2) is 4.39 Å². The van der Waals surface area contributed by atoms with Crippen LogP contribution in [0.5, 0.6) is 0 Å². The number of rotatable bonds is 3. The summed E-state index contributed by atoms with van der Waals surface area (Å²) >= 11 is 5.37. The summed E-state index contributed by atoms with van der Waals surface area (Å²) in [5.41, 5.74) is 2.93. The smallest absolute Gasteiger partial charge is 0.178 e. The lowest BCUT2D eigenvalue weighted by molar-refractivity contribution is 0.551. The van der Waals surface area contributed by atoms with Crippen molar-refractivity contribution in [2.45, 2.75) is 19.4 Å². The maximum Gasteiger partial charge on any atom is 0.178 e. The summed E-state index contributed by atoms with van der Waals surface area (Å²) in [7, 11) is 0. The molecule has 0 radical (unpaired) electrons. The van der Waals surface area contributed by atoms with Crippen LogP contribution in [0.15, 0.2) is 48.5 Å². The van der Waals surface area contributed by atoms with Crippen LogP contribution in [0.4, 0.5) is 4.39 Å². The SMILES string of the molecule is CC(Cc1ccccc1)n1c(=S)[nH]c2ccc(F)cc21. The number of H-pyrrole nitrogens is 1. The quantitative estimate of drug-likeness (QED) is 0.695. The molecule has 1 N–H and O–H groups in total. The molecule has 0 saturated carbocycles. The van der Waals surface area contributed by atoms with E-state index in [-0.39, 0.29) is 11.9 Å². The van der Waals surface area contributed by atoms with Crippen molar-refractivity contribution in [3.05, 3.63) is 64.7 Å². The number of benzene rings is 2. The van der Waals surface area contributed by atoms with Crippen molar-refractivity contribution in [3.63, 3.8) is 0 Å². The largest absolute Gasteiger partial charge is 0.331 e. The Morgan fingerprint density at radius 1 is 1.20 bits per heavy atom. The number of nitrogens with one attached hydrogen (secondary N) is 1. The van der Waals surface area contributed by atoms with E-state index in [1.807, 2.05) is 22.8 Å². The maximum atomic E-state index is 13.5. The number of fused-ring (bicyclic) bond motifs is 1. The van der Waals surface area contributed by atoms with E-state index >= 15 is 0 Å². The first-order chi connectivity index (χ1) is 9.65. The molecule has 1 heterocycles. The van der Waals surface area contributed by atoms with Crippen LogP contribution >= 0.6 is 12.2 Å². The Bertz CT molecular complexity index is 789. The molecule has 20 heavy (non-hydrogen) atoms. The van der Waals surface area contributed by atoms with Gasteiger partial charge in [-0.15, -0.1) is 0 Å². The second-order valence-corrected chi connectivity index (χ2v) is 5.39.